The molecular weight excluding hydrogens is 355 g/mol. The fraction of sp³-hybridized carbons (Fsp3) is 0.333. The molecule has 4 nitrogen and oxygen atoms in total. The van der Waals surface area contributed by atoms with Gasteiger partial charge < -0.3 is 9.47 Å². The van der Waals surface area contributed by atoms with Crippen LogP contribution < -0.4 is 4.90 Å². The number of halogens is 1. The highest BCUT2D eigenvalue weighted by Crippen LogP contribution is 2.23. The maximum absolute atomic E-state index is 13.2. The number of hydrogen-bond acceptors (Lipinski definition) is 3. The van der Waals surface area contributed by atoms with Crippen molar-refractivity contribution in [1.29, 1.82) is 0 Å². The number of thiophene rings is 1. The summed E-state index contributed by atoms with van der Waals surface area (Å²) in [6, 6.07) is 11.3. The molecule has 1 fully saturated rings. The van der Waals surface area contributed by atoms with Crippen molar-refractivity contribution in [3.8, 4) is 11.4 Å². The summed E-state index contributed by atoms with van der Waals surface area (Å²) < 4.78 is 17.7. The van der Waals surface area contributed by atoms with E-state index >= 15 is 0 Å². The lowest BCUT2D eigenvalue weighted by molar-refractivity contribution is -0.941. The van der Waals surface area contributed by atoms with Crippen molar-refractivity contribution in [3.05, 3.63) is 57.2 Å². The molecule has 1 aliphatic heterocycles. The van der Waals surface area contributed by atoms with E-state index in [9.17, 15) is 4.39 Å². The van der Waals surface area contributed by atoms with Gasteiger partial charge in [0, 0.05) is 25.5 Å². The molecule has 2 aromatic heterocycles. The molecule has 3 aromatic rings. The second kappa shape index (κ2) is 6.82. The number of hydrogen-bond donors (Lipinski definition) is 1. The van der Waals surface area contributed by atoms with Crippen molar-refractivity contribution in [3.63, 3.8) is 0 Å². The maximum atomic E-state index is 13.2. The molecule has 1 N–H and O–H groups in total. The average molecular weight is 376 g/mol. The second-order valence-corrected chi connectivity index (χ2v) is 7.79. The summed E-state index contributed by atoms with van der Waals surface area (Å²) in [5.41, 5.74) is 0.875. The van der Waals surface area contributed by atoms with E-state index in [1.807, 2.05) is 27.6 Å². The first-order valence-electron chi connectivity index (χ1n) is 8.41. The highest BCUT2D eigenvalue weighted by Gasteiger charge is 2.31. The third-order valence-corrected chi connectivity index (χ3v) is 6.34. The molecule has 2 atom stereocenters. The second-order valence-electron chi connectivity index (χ2n) is 6.45. The molecule has 1 aliphatic rings. The van der Waals surface area contributed by atoms with Crippen molar-refractivity contribution in [2.24, 2.45) is 7.05 Å². The number of quaternary nitrogens is 1. The summed E-state index contributed by atoms with van der Waals surface area (Å²) in [7, 11) is 1.92. The van der Waals surface area contributed by atoms with Gasteiger partial charge in [0.15, 0.2) is 12.5 Å². The number of nitrogens with zero attached hydrogens (tertiary/aromatic N) is 3. The molecule has 1 unspecified atom stereocenters. The third kappa shape index (κ3) is 3.19. The standard InChI is InChI=1S/C18H19FN4S2/c1-21-17(13-6-8-14(19)9-7-13)20-23(18(21)24)12-22-10-2-4-15(22)16-5-3-11-25-16/h3,5-9,11,15H,2,4,10,12H2,1H3/p+1/t15-/m1/s1. The van der Waals surface area contributed by atoms with Crippen LogP contribution in [0.3, 0.4) is 0 Å². The molecule has 0 bridgehead atoms. The Morgan fingerprint density at radius 1 is 1.32 bits per heavy atom. The van der Waals surface area contributed by atoms with E-state index in [0.717, 1.165) is 24.6 Å². The lowest BCUT2D eigenvalue weighted by Gasteiger charge is -2.20. The Labute approximate surface area is 155 Å². The zero-order chi connectivity index (χ0) is 17.4. The van der Waals surface area contributed by atoms with Gasteiger partial charge in [0.25, 0.3) is 0 Å². The Morgan fingerprint density at radius 3 is 2.84 bits per heavy atom. The molecule has 1 saturated heterocycles. The molecule has 3 heterocycles. The number of rotatable bonds is 4. The fourth-order valence-electron chi connectivity index (χ4n) is 3.57. The number of nitrogens with one attached hydrogen (secondary N) is 1. The van der Waals surface area contributed by atoms with Crippen LogP contribution in [0.2, 0.25) is 0 Å². The fourth-order valence-corrected chi connectivity index (χ4v) is 4.68. The molecule has 0 radical (unpaired) electrons. The molecule has 1 aromatic carbocycles. The molecule has 0 saturated carbocycles. The summed E-state index contributed by atoms with van der Waals surface area (Å²) in [6.45, 7) is 1.89. The van der Waals surface area contributed by atoms with Crippen molar-refractivity contribution < 1.29 is 9.29 Å². The van der Waals surface area contributed by atoms with E-state index in [4.69, 9.17) is 17.3 Å². The first-order chi connectivity index (χ1) is 12.1. The van der Waals surface area contributed by atoms with Gasteiger partial charge in [0.2, 0.25) is 4.77 Å². The predicted molar refractivity (Wildman–Crippen MR) is 99.5 cm³/mol. The third-order valence-electron chi connectivity index (χ3n) is 4.87. The normalized spacial score (nSPS) is 20.2. The van der Waals surface area contributed by atoms with E-state index in [1.54, 1.807) is 12.1 Å². The molecule has 130 valence electrons. The topological polar surface area (TPSA) is 27.2 Å². The molecule has 0 spiro atoms. The largest absolute Gasteiger partial charge is 0.309 e. The van der Waals surface area contributed by atoms with E-state index < -0.39 is 0 Å². The Hall–Kier alpha value is -1.83. The van der Waals surface area contributed by atoms with E-state index in [2.05, 4.69) is 17.5 Å². The smallest absolute Gasteiger partial charge is 0.202 e. The summed E-state index contributed by atoms with van der Waals surface area (Å²) in [5.74, 6) is 0.529. The van der Waals surface area contributed by atoms with Crippen molar-refractivity contribution in [1.82, 2.24) is 14.3 Å². The quantitative estimate of drug-likeness (QED) is 0.709. The Balaban J connectivity index is 1.62. The van der Waals surface area contributed by atoms with Crippen LogP contribution in [0, 0.1) is 10.6 Å². The van der Waals surface area contributed by atoms with Crippen LogP contribution in [0.4, 0.5) is 4.39 Å². The van der Waals surface area contributed by atoms with Gasteiger partial charge in [-0.3, -0.25) is 0 Å². The lowest BCUT2D eigenvalue weighted by Crippen LogP contribution is -3.09. The molecule has 25 heavy (non-hydrogen) atoms. The first kappa shape index (κ1) is 16.6. The van der Waals surface area contributed by atoms with Gasteiger partial charge in [0.05, 0.1) is 11.4 Å². The average Bonchev–Trinajstić information content (AvgIpc) is 3.33. The van der Waals surface area contributed by atoms with Gasteiger partial charge in [-0.05, 0) is 47.9 Å². The maximum Gasteiger partial charge on any atom is 0.202 e. The molecular formula is C18H20FN4S2+. The van der Waals surface area contributed by atoms with E-state index in [0.29, 0.717) is 10.8 Å². The van der Waals surface area contributed by atoms with Crippen LogP contribution in [-0.4, -0.2) is 20.9 Å². The number of likely N-dealkylation sites (tertiary alicyclic amines) is 1. The Bertz CT molecular complexity index is 912. The van der Waals surface area contributed by atoms with Gasteiger partial charge >= 0.3 is 0 Å². The van der Waals surface area contributed by atoms with Gasteiger partial charge in [-0.15, -0.1) is 16.4 Å². The van der Waals surface area contributed by atoms with Crippen LogP contribution in [0.5, 0.6) is 0 Å². The highest BCUT2D eigenvalue weighted by atomic mass is 32.1. The Kier molecular flexibility index (Phi) is 4.54. The van der Waals surface area contributed by atoms with Crippen LogP contribution >= 0.6 is 23.6 Å². The zero-order valence-electron chi connectivity index (χ0n) is 14.0. The van der Waals surface area contributed by atoms with Crippen molar-refractivity contribution in [2.75, 3.05) is 6.54 Å². The molecule has 0 amide bonds. The predicted octanol–water partition coefficient (Wildman–Crippen LogP) is 3.20. The van der Waals surface area contributed by atoms with E-state index in [1.165, 1.54) is 34.8 Å². The van der Waals surface area contributed by atoms with Gasteiger partial charge in [-0.25, -0.2) is 4.39 Å². The SMILES string of the molecule is Cn1c(-c2ccc(F)cc2)nn(C[NH+]2CCC[C@@H]2c2cccs2)c1=S. The summed E-state index contributed by atoms with van der Waals surface area (Å²) in [6.07, 6.45) is 2.43. The van der Waals surface area contributed by atoms with E-state index in [-0.39, 0.29) is 5.82 Å². The molecule has 7 heteroatoms. The number of aromatic nitrogens is 3. The lowest BCUT2D eigenvalue weighted by atomic mass is 10.2. The molecule has 4 rings (SSSR count). The van der Waals surface area contributed by atoms with Crippen LogP contribution in [0.1, 0.15) is 23.8 Å². The minimum Gasteiger partial charge on any atom is -0.309 e. The monoisotopic (exact) mass is 375 g/mol. The van der Waals surface area contributed by atoms with Crippen LogP contribution in [0.15, 0.2) is 41.8 Å². The summed E-state index contributed by atoms with van der Waals surface area (Å²) in [4.78, 5) is 2.94. The summed E-state index contributed by atoms with van der Waals surface area (Å²) >= 11 is 7.42. The first-order valence-corrected chi connectivity index (χ1v) is 9.70. The highest BCUT2D eigenvalue weighted by molar-refractivity contribution is 7.71. The van der Waals surface area contributed by atoms with Crippen LogP contribution in [0.25, 0.3) is 11.4 Å². The number of benzene rings is 1. The zero-order valence-corrected chi connectivity index (χ0v) is 15.6. The van der Waals surface area contributed by atoms with Gasteiger partial charge in [0.1, 0.15) is 11.9 Å². The van der Waals surface area contributed by atoms with Gasteiger partial charge in [-0.1, -0.05) is 6.07 Å². The Morgan fingerprint density at radius 2 is 2.12 bits per heavy atom. The minimum absolute atomic E-state index is 0.246. The summed E-state index contributed by atoms with van der Waals surface area (Å²) in [5, 5.41) is 6.87. The van der Waals surface area contributed by atoms with Crippen LogP contribution in [-0.2, 0) is 13.7 Å². The van der Waals surface area contributed by atoms with Crippen molar-refractivity contribution >= 4 is 23.6 Å². The van der Waals surface area contributed by atoms with Gasteiger partial charge in [-0.2, -0.15) is 4.68 Å². The minimum atomic E-state index is -0.246. The molecule has 0 aliphatic carbocycles. The van der Waals surface area contributed by atoms with Crippen molar-refractivity contribution in [2.45, 2.75) is 25.6 Å².